The largest absolute Gasteiger partial charge is 0.338 e. The lowest BCUT2D eigenvalue weighted by Gasteiger charge is -2.35. The summed E-state index contributed by atoms with van der Waals surface area (Å²) >= 11 is 0. The van der Waals surface area contributed by atoms with Crippen LogP contribution in [0.3, 0.4) is 0 Å². The minimum absolute atomic E-state index is 0.0532. The van der Waals surface area contributed by atoms with Crippen LogP contribution >= 0.6 is 0 Å². The molecule has 138 valence electrons. The molecule has 0 N–H and O–H groups in total. The van der Waals surface area contributed by atoms with Crippen LogP contribution in [-0.4, -0.2) is 33.7 Å². The fourth-order valence-electron chi connectivity index (χ4n) is 5.30. The molecule has 4 nitrogen and oxygen atoms in total. The molecule has 4 rings (SSSR count). The summed E-state index contributed by atoms with van der Waals surface area (Å²) in [5.74, 6) is 0.488. The highest BCUT2D eigenvalue weighted by atomic mass is 16.2. The molecule has 1 amide bonds. The summed E-state index contributed by atoms with van der Waals surface area (Å²) in [4.78, 5) is 15.1. The Morgan fingerprint density at radius 3 is 2.46 bits per heavy atom. The van der Waals surface area contributed by atoms with Crippen LogP contribution in [0.25, 0.3) is 5.69 Å². The van der Waals surface area contributed by atoms with Crippen LogP contribution in [0.15, 0.2) is 30.3 Å². The number of carbonyl (C=O) groups is 1. The van der Waals surface area contributed by atoms with Crippen molar-refractivity contribution >= 4 is 5.91 Å². The van der Waals surface area contributed by atoms with Crippen LogP contribution < -0.4 is 0 Å². The SMILES string of the molecule is CCN(CC)C(=O)c1nn(-c2ccccc2)c2c1[C@H]1CC[C@@]2(C)C1(C)C. The lowest BCUT2D eigenvalue weighted by Crippen LogP contribution is -2.34. The van der Waals surface area contributed by atoms with E-state index in [-0.39, 0.29) is 16.7 Å². The minimum Gasteiger partial charge on any atom is -0.338 e. The van der Waals surface area contributed by atoms with Crippen LogP contribution in [0.1, 0.15) is 75.1 Å². The zero-order valence-electron chi connectivity index (χ0n) is 16.5. The number of aromatic nitrogens is 2. The molecule has 2 bridgehead atoms. The van der Waals surface area contributed by atoms with Crippen molar-refractivity contribution in [2.45, 2.75) is 58.8 Å². The maximum Gasteiger partial charge on any atom is 0.274 e. The Morgan fingerprint density at radius 2 is 1.85 bits per heavy atom. The summed E-state index contributed by atoms with van der Waals surface area (Å²) in [6, 6.07) is 10.3. The molecular weight excluding hydrogens is 322 g/mol. The highest BCUT2D eigenvalue weighted by Crippen LogP contribution is 2.68. The topological polar surface area (TPSA) is 38.1 Å². The third-order valence-electron chi connectivity index (χ3n) is 7.27. The quantitative estimate of drug-likeness (QED) is 0.812. The summed E-state index contributed by atoms with van der Waals surface area (Å²) in [6.07, 6.45) is 2.31. The van der Waals surface area contributed by atoms with Gasteiger partial charge in [0.15, 0.2) is 5.69 Å². The standard InChI is InChI=1S/C22H29N3O/c1-6-24(7-2)20(26)18-17-16-13-14-22(5,21(16,3)4)19(17)25(23-18)15-11-9-8-10-12-15/h8-12,16H,6-7,13-14H2,1-5H3/t16-,22-/m1/s1. The maximum absolute atomic E-state index is 13.3. The van der Waals surface area contributed by atoms with E-state index in [0.717, 1.165) is 18.5 Å². The predicted molar refractivity (Wildman–Crippen MR) is 104 cm³/mol. The van der Waals surface area contributed by atoms with E-state index in [1.165, 1.54) is 11.3 Å². The Bertz CT molecular complexity index is 848. The number of para-hydroxylation sites is 1. The van der Waals surface area contributed by atoms with Crippen molar-refractivity contribution in [1.29, 1.82) is 0 Å². The van der Waals surface area contributed by atoms with Gasteiger partial charge in [-0.1, -0.05) is 39.0 Å². The number of hydrogen-bond acceptors (Lipinski definition) is 2. The van der Waals surface area contributed by atoms with Crippen LogP contribution in [0.4, 0.5) is 0 Å². The highest BCUT2D eigenvalue weighted by Gasteiger charge is 2.63. The first-order valence-corrected chi connectivity index (χ1v) is 9.85. The first kappa shape index (κ1) is 17.3. The molecule has 0 saturated heterocycles. The monoisotopic (exact) mass is 351 g/mol. The molecule has 1 heterocycles. The van der Waals surface area contributed by atoms with Gasteiger partial charge in [-0.3, -0.25) is 4.79 Å². The van der Waals surface area contributed by atoms with Crippen molar-refractivity contribution in [3.8, 4) is 5.69 Å². The summed E-state index contributed by atoms with van der Waals surface area (Å²) in [5, 5.41) is 4.90. The fourth-order valence-corrected chi connectivity index (χ4v) is 5.30. The maximum atomic E-state index is 13.3. The Labute approximate surface area is 156 Å². The van der Waals surface area contributed by atoms with Crippen LogP contribution in [0.5, 0.6) is 0 Å². The summed E-state index contributed by atoms with van der Waals surface area (Å²) in [7, 11) is 0. The summed E-state index contributed by atoms with van der Waals surface area (Å²) in [6.45, 7) is 12.6. The second-order valence-electron chi connectivity index (χ2n) is 8.48. The van der Waals surface area contributed by atoms with Gasteiger partial charge in [-0.05, 0) is 50.2 Å². The average molecular weight is 351 g/mol. The van der Waals surface area contributed by atoms with Gasteiger partial charge in [0.25, 0.3) is 5.91 Å². The smallest absolute Gasteiger partial charge is 0.274 e. The van der Waals surface area contributed by atoms with Gasteiger partial charge in [-0.15, -0.1) is 0 Å². The lowest BCUT2D eigenvalue weighted by atomic mass is 9.70. The molecule has 26 heavy (non-hydrogen) atoms. The van der Waals surface area contributed by atoms with E-state index in [4.69, 9.17) is 5.10 Å². The van der Waals surface area contributed by atoms with E-state index in [2.05, 4.69) is 37.6 Å². The van der Waals surface area contributed by atoms with Crippen molar-refractivity contribution in [3.05, 3.63) is 47.3 Å². The number of carbonyl (C=O) groups excluding carboxylic acids is 1. The van der Waals surface area contributed by atoms with Gasteiger partial charge in [-0.25, -0.2) is 4.68 Å². The Hall–Kier alpha value is -2.10. The van der Waals surface area contributed by atoms with Gasteiger partial charge in [0.1, 0.15) is 0 Å². The van der Waals surface area contributed by atoms with E-state index in [1.54, 1.807) is 0 Å². The Kier molecular flexibility index (Phi) is 3.80. The molecule has 1 aromatic carbocycles. The number of rotatable bonds is 4. The molecule has 1 saturated carbocycles. The average Bonchev–Trinajstić information content (AvgIpc) is 3.19. The third-order valence-corrected chi connectivity index (χ3v) is 7.27. The molecular formula is C22H29N3O. The Balaban J connectivity index is 1.97. The first-order chi connectivity index (χ1) is 12.4. The molecule has 2 aliphatic carbocycles. The number of nitrogens with zero attached hydrogens (tertiary/aromatic N) is 3. The molecule has 4 heteroatoms. The molecule has 0 radical (unpaired) electrons. The molecule has 2 atom stereocenters. The molecule has 0 spiro atoms. The van der Waals surface area contributed by atoms with Crippen LogP contribution in [0.2, 0.25) is 0 Å². The van der Waals surface area contributed by atoms with Gasteiger partial charge in [0.05, 0.1) is 11.4 Å². The molecule has 0 aliphatic heterocycles. The molecule has 1 aromatic heterocycles. The zero-order valence-corrected chi connectivity index (χ0v) is 16.5. The van der Waals surface area contributed by atoms with E-state index >= 15 is 0 Å². The van der Waals surface area contributed by atoms with Crippen molar-refractivity contribution < 1.29 is 4.79 Å². The van der Waals surface area contributed by atoms with Crippen LogP contribution in [0, 0.1) is 5.41 Å². The van der Waals surface area contributed by atoms with Crippen molar-refractivity contribution in [1.82, 2.24) is 14.7 Å². The van der Waals surface area contributed by atoms with Gasteiger partial charge >= 0.3 is 0 Å². The van der Waals surface area contributed by atoms with Crippen LogP contribution in [-0.2, 0) is 5.41 Å². The lowest BCUT2D eigenvalue weighted by molar-refractivity contribution is 0.0764. The third kappa shape index (κ3) is 2.02. The summed E-state index contributed by atoms with van der Waals surface area (Å²) in [5.41, 5.74) is 4.40. The van der Waals surface area contributed by atoms with Gasteiger partial charge in [0.2, 0.25) is 0 Å². The molecule has 0 unspecified atom stereocenters. The minimum atomic E-state index is 0.0532. The number of fused-ring (bicyclic) bond motifs is 5. The van der Waals surface area contributed by atoms with Crippen molar-refractivity contribution in [2.24, 2.45) is 5.41 Å². The van der Waals surface area contributed by atoms with Gasteiger partial charge in [-0.2, -0.15) is 5.10 Å². The molecule has 1 fully saturated rings. The number of benzene rings is 1. The zero-order chi connectivity index (χ0) is 18.7. The first-order valence-electron chi connectivity index (χ1n) is 9.85. The number of amides is 1. The van der Waals surface area contributed by atoms with E-state index < -0.39 is 0 Å². The van der Waals surface area contributed by atoms with Crippen molar-refractivity contribution in [3.63, 3.8) is 0 Å². The fraction of sp³-hybridized carbons (Fsp3) is 0.545. The highest BCUT2D eigenvalue weighted by molar-refractivity contribution is 5.95. The number of hydrogen-bond donors (Lipinski definition) is 0. The van der Waals surface area contributed by atoms with Gasteiger partial charge < -0.3 is 4.90 Å². The second-order valence-corrected chi connectivity index (χ2v) is 8.48. The molecule has 2 aliphatic rings. The van der Waals surface area contributed by atoms with E-state index in [9.17, 15) is 4.79 Å². The van der Waals surface area contributed by atoms with Crippen molar-refractivity contribution in [2.75, 3.05) is 13.1 Å². The van der Waals surface area contributed by atoms with E-state index in [0.29, 0.717) is 24.7 Å². The predicted octanol–water partition coefficient (Wildman–Crippen LogP) is 4.53. The Morgan fingerprint density at radius 1 is 1.19 bits per heavy atom. The summed E-state index contributed by atoms with van der Waals surface area (Å²) < 4.78 is 2.06. The second kappa shape index (κ2) is 5.70. The molecule has 2 aromatic rings. The normalized spacial score (nSPS) is 25.3. The van der Waals surface area contributed by atoms with E-state index in [1.807, 2.05) is 36.9 Å². The van der Waals surface area contributed by atoms with Gasteiger partial charge in [0, 0.05) is 24.1 Å².